The van der Waals surface area contributed by atoms with E-state index in [1.54, 1.807) is 5.57 Å². The monoisotopic (exact) mass is 456 g/mol. The van der Waals surface area contributed by atoms with Gasteiger partial charge in [-0.15, -0.1) is 0 Å². The van der Waals surface area contributed by atoms with Crippen LogP contribution in [0.25, 0.3) is 0 Å². The highest BCUT2D eigenvalue weighted by Gasteiger charge is 2.67. The van der Waals surface area contributed by atoms with Crippen LogP contribution < -0.4 is 0 Å². The van der Waals surface area contributed by atoms with E-state index in [1.807, 2.05) is 19.9 Å². The number of ketones is 1. The third-order valence-corrected chi connectivity index (χ3v) is 11.3. The Kier molecular flexibility index (Phi) is 5.94. The molecular weight excluding hydrogens is 408 g/mol. The first-order valence-electron chi connectivity index (χ1n) is 13.4. The maximum atomic E-state index is 12.8. The maximum Gasteiger partial charge on any atom is 0.138 e. The fraction of sp³-hybridized carbons (Fsp3) is 0.833. The molecule has 0 aromatic heterocycles. The minimum Gasteiger partial charge on any atom is -0.393 e. The Morgan fingerprint density at radius 3 is 2.48 bits per heavy atom. The lowest BCUT2D eigenvalue weighted by molar-refractivity contribution is -0.146. The van der Waals surface area contributed by atoms with E-state index in [1.165, 1.54) is 6.42 Å². The molecule has 0 bridgehead atoms. The number of carbonyl (C=O) groups is 1. The van der Waals surface area contributed by atoms with Crippen molar-refractivity contribution >= 4 is 5.78 Å². The standard InChI is InChI=1S/C30H48O3/c1-19(10-9-15-26(2,3)33)25-22(31)18-30(8)21-11-12-23-27(4,5)24(32)14-16-28(23,6)20(21)13-17-29(25,30)7/h9,11,15,19-20,22-23,25,31,33H,10,12-14,16-18H2,1-8H3/b15-9+/t19?,20-,22-,23-,25+,28+,29-,30+/m0/s1. The van der Waals surface area contributed by atoms with Crippen molar-refractivity contribution in [3.05, 3.63) is 23.8 Å². The van der Waals surface area contributed by atoms with E-state index >= 15 is 0 Å². The Hall–Kier alpha value is -0.930. The molecule has 4 rings (SSSR count). The predicted octanol–water partition coefficient (Wildman–Crippen LogP) is 6.48. The lowest BCUT2D eigenvalue weighted by Gasteiger charge is -2.63. The van der Waals surface area contributed by atoms with Gasteiger partial charge in [0.15, 0.2) is 0 Å². The van der Waals surface area contributed by atoms with Gasteiger partial charge < -0.3 is 10.2 Å². The molecule has 4 aliphatic carbocycles. The van der Waals surface area contributed by atoms with E-state index < -0.39 is 5.60 Å². The number of Topliss-reactive ketones (excluding diaryl/α,β-unsaturated/α-hetero) is 1. The van der Waals surface area contributed by atoms with Crippen LogP contribution in [0.5, 0.6) is 0 Å². The summed E-state index contributed by atoms with van der Waals surface area (Å²) in [4.78, 5) is 12.8. The maximum absolute atomic E-state index is 12.8. The van der Waals surface area contributed by atoms with Crippen molar-refractivity contribution in [2.75, 3.05) is 0 Å². The lowest BCUT2D eigenvalue weighted by atomic mass is 9.41. The van der Waals surface area contributed by atoms with E-state index in [-0.39, 0.29) is 33.7 Å². The summed E-state index contributed by atoms with van der Waals surface area (Å²) in [5.41, 5.74) is 0.818. The minimum atomic E-state index is -0.793. The van der Waals surface area contributed by atoms with E-state index in [2.05, 4.69) is 53.7 Å². The molecule has 1 unspecified atom stereocenters. The lowest BCUT2D eigenvalue weighted by Crippen LogP contribution is -2.57. The molecule has 33 heavy (non-hydrogen) atoms. The first kappa shape index (κ1) is 25.2. The third kappa shape index (κ3) is 3.63. The number of aliphatic hydroxyl groups excluding tert-OH is 1. The van der Waals surface area contributed by atoms with Crippen LogP contribution in [0.1, 0.15) is 100 Å². The van der Waals surface area contributed by atoms with Gasteiger partial charge in [-0.3, -0.25) is 4.79 Å². The average molecular weight is 457 g/mol. The zero-order valence-corrected chi connectivity index (χ0v) is 22.4. The van der Waals surface area contributed by atoms with Crippen molar-refractivity contribution in [2.24, 2.45) is 45.3 Å². The quantitative estimate of drug-likeness (QED) is 0.476. The van der Waals surface area contributed by atoms with Gasteiger partial charge in [-0.05, 0) is 92.3 Å². The van der Waals surface area contributed by atoms with Crippen molar-refractivity contribution in [3.8, 4) is 0 Å². The summed E-state index contributed by atoms with van der Waals surface area (Å²) in [5, 5.41) is 21.5. The first-order chi connectivity index (χ1) is 15.1. The third-order valence-electron chi connectivity index (χ3n) is 11.3. The Morgan fingerprint density at radius 2 is 1.85 bits per heavy atom. The second-order valence-corrected chi connectivity index (χ2v) is 14.0. The van der Waals surface area contributed by atoms with E-state index in [9.17, 15) is 15.0 Å². The highest BCUT2D eigenvalue weighted by atomic mass is 16.3. The van der Waals surface area contributed by atoms with Gasteiger partial charge in [-0.25, -0.2) is 0 Å². The van der Waals surface area contributed by atoms with Crippen molar-refractivity contribution in [3.63, 3.8) is 0 Å². The van der Waals surface area contributed by atoms with Crippen LogP contribution in [0.2, 0.25) is 0 Å². The molecule has 0 heterocycles. The summed E-state index contributed by atoms with van der Waals surface area (Å²) < 4.78 is 0. The molecule has 3 fully saturated rings. The number of hydrogen-bond donors (Lipinski definition) is 2. The summed E-state index contributed by atoms with van der Waals surface area (Å²) in [6, 6.07) is 0. The van der Waals surface area contributed by atoms with Crippen molar-refractivity contribution < 1.29 is 15.0 Å². The van der Waals surface area contributed by atoms with Gasteiger partial charge >= 0.3 is 0 Å². The Balaban J connectivity index is 1.66. The van der Waals surface area contributed by atoms with Gasteiger partial charge in [0.1, 0.15) is 5.78 Å². The second-order valence-electron chi connectivity index (χ2n) is 14.0. The smallest absolute Gasteiger partial charge is 0.138 e. The molecule has 3 saturated carbocycles. The molecule has 0 spiro atoms. The molecular formula is C30H48O3. The normalized spacial score (nSPS) is 45.9. The summed E-state index contributed by atoms with van der Waals surface area (Å²) in [5.74, 6) is 2.00. The molecule has 0 aliphatic heterocycles. The highest BCUT2D eigenvalue weighted by molar-refractivity contribution is 5.85. The van der Waals surface area contributed by atoms with E-state index in [0.717, 1.165) is 32.1 Å². The van der Waals surface area contributed by atoms with Gasteiger partial charge in [0, 0.05) is 11.8 Å². The molecule has 0 aromatic carbocycles. The number of fused-ring (bicyclic) bond motifs is 5. The molecule has 3 nitrogen and oxygen atoms in total. The molecule has 2 N–H and O–H groups in total. The number of aliphatic hydroxyl groups is 2. The second kappa shape index (κ2) is 7.79. The van der Waals surface area contributed by atoms with Crippen LogP contribution in [0.15, 0.2) is 23.8 Å². The Labute approximate surface area is 202 Å². The van der Waals surface area contributed by atoms with Crippen LogP contribution in [0.3, 0.4) is 0 Å². The van der Waals surface area contributed by atoms with Gasteiger partial charge in [-0.1, -0.05) is 65.3 Å². The van der Waals surface area contributed by atoms with Crippen LogP contribution in [-0.2, 0) is 4.79 Å². The summed E-state index contributed by atoms with van der Waals surface area (Å²) in [6.07, 6.45) is 13.0. The van der Waals surface area contributed by atoms with Gasteiger partial charge in [0.25, 0.3) is 0 Å². The number of hydrogen-bond acceptors (Lipinski definition) is 3. The SMILES string of the molecule is CC(C/C=C/C(C)(C)O)[C@@H]1[C@@H](O)C[C@]2(C)C3=CC[C@H]4C(C)(C)C(=O)CC[C@]4(C)[C@H]3CC[C@@]12C. The number of carbonyl (C=O) groups excluding carboxylic acids is 1. The van der Waals surface area contributed by atoms with E-state index in [0.29, 0.717) is 30.0 Å². The largest absolute Gasteiger partial charge is 0.393 e. The molecule has 4 aliphatic rings. The average Bonchev–Trinajstić information content (AvgIpc) is 2.89. The Morgan fingerprint density at radius 1 is 1.18 bits per heavy atom. The predicted molar refractivity (Wildman–Crippen MR) is 135 cm³/mol. The van der Waals surface area contributed by atoms with Crippen molar-refractivity contribution in [1.29, 1.82) is 0 Å². The van der Waals surface area contributed by atoms with Crippen molar-refractivity contribution in [1.82, 2.24) is 0 Å². The summed E-state index contributed by atoms with van der Waals surface area (Å²) in [7, 11) is 0. The van der Waals surface area contributed by atoms with Crippen LogP contribution in [0, 0.1) is 45.3 Å². The number of allylic oxidation sites excluding steroid dienone is 3. The molecule has 186 valence electrons. The van der Waals surface area contributed by atoms with Crippen LogP contribution in [0.4, 0.5) is 0 Å². The van der Waals surface area contributed by atoms with Gasteiger partial charge in [-0.2, -0.15) is 0 Å². The fourth-order valence-corrected chi connectivity index (χ4v) is 9.35. The molecule has 3 heteroatoms. The zero-order valence-electron chi connectivity index (χ0n) is 22.4. The number of rotatable bonds is 4. The Bertz CT molecular complexity index is 860. The minimum absolute atomic E-state index is 0.00774. The van der Waals surface area contributed by atoms with Gasteiger partial charge in [0.2, 0.25) is 0 Å². The molecule has 0 saturated heterocycles. The fourth-order valence-electron chi connectivity index (χ4n) is 9.35. The molecule has 0 aromatic rings. The van der Waals surface area contributed by atoms with Crippen LogP contribution >= 0.6 is 0 Å². The molecule has 0 amide bonds. The molecule has 8 atom stereocenters. The summed E-state index contributed by atoms with van der Waals surface area (Å²) in [6.45, 7) is 17.6. The molecule has 0 radical (unpaired) electrons. The van der Waals surface area contributed by atoms with Gasteiger partial charge in [0.05, 0.1) is 11.7 Å². The topological polar surface area (TPSA) is 57.5 Å². The van der Waals surface area contributed by atoms with Crippen LogP contribution in [-0.4, -0.2) is 27.7 Å². The zero-order chi connectivity index (χ0) is 24.6. The van der Waals surface area contributed by atoms with Crippen molar-refractivity contribution in [2.45, 2.75) is 112 Å². The first-order valence-corrected chi connectivity index (χ1v) is 13.4. The highest BCUT2D eigenvalue weighted by Crippen LogP contribution is 2.73. The van der Waals surface area contributed by atoms with E-state index in [4.69, 9.17) is 0 Å². The summed E-state index contributed by atoms with van der Waals surface area (Å²) >= 11 is 0.